The summed E-state index contributed by atoms with van der Waals surface area (Å²) < 4.78 is 13.2. The molecule has 0 aromatic heterocycles. The molecule has 1 amide bonds. The van der Waals surface area contributed by atoms with Crippen molar-refractivity contribution in [1.82, 2.24) is 10.2 Å². The summed E-state index contributed by atoms with van der Waals surface area (Å²) in [6, 6.07) is 16.1. The number of carbonyl (C=O) groups is 1. The van der Waals surface area contributed by atoms with Gasteiger partial charge in [-0.25, -0.2) is 4.39 Å². The SMILES string of the molecule is O=C(CC1CC2(CCN(Cc3ccc(F)cc3)CC2)c2ccccc21)NC1CC1. The van der Waals surface area contributed by atoms with Crippen molar-refractivity contribution in [2.24, 2.45) is 0 Å². The van der Waals surface area contributed by atoms with Crippen LogP contribution < -0.4 is 5.32 Å². The molecule has 2 fully saturated rings. The summed E-state index contributed by atoms with van der Waals surface area (Å²) in [6.45, 7) is 2.98. The first-order valence-corrected chi connectivity index (χ1v) is 11.0. The second-order valence-corrected chi connectivity index (χ2v) is 9.22. The van der Waals surface area contributed by atoms with Gasteiger partial charge in [-0.3, -0.25) is 9.69 Å². The summed E-state index contributed by atoms with van der Waals surface area (Å²) in [6.07, 6.45) is 6.25. The van der Waals surface area contributed by atoms with Gasteiger partial charge in [-0.2, -0.15) is 0 Å². The van der Waals surface area contributed by atoms with Crippen LogP contribution in [0.3, 0.4) is 0 Å². The van der Waals surface area contributed by atoms with E-state index in [-0.39, 0.29) is 17.1 Å². The van der Waals surface area contributed by atoms with Gasteiger partial charge in [0.1, 0.15) is 5.82 Å². The average Bonchev–Trinajstić information content (AvgIpc) is 3.49. The molecule has 3 nitrogen and oxygen atoms in total. The lowest BCUT2D eigenvalue weighted by atomic mass is 9.73. The van der Waals surface area contributed by atoms with E-state index in [2.05, 4.69) is 34.5 Å². The lowest BCUT2D eigenvalue weighted by molar-refractivity contribution is -0.121. The zero-order valence-electron chi connectivity index (χ0n) is 16.9. The zero-order chi connectivity index (χ0) is 19.8. The number of hydrogen-bond acceptors (Lipinski definition) is 2. The minimum atomic E-state index is -0.175. The van der Waals surface area contributed by atoms with Crippen LogP contribution in [0.15, 0.2) is 48.5 Å². The monoisotopic (exact) mass is 392 g/mol. The number of amides is 1. The van der Waals surface area contributed by atoms with Crippen LogP contribution in [0.1, 0.15) is 61.1 Å². The van der Waals surface area contributed by atoms with Crippen molar-refractivity contribution < 1.29 is 9.18 Å². The van der Waals surface area contributed by atoms with Crippen molar-refractivity contribution in [2.45, 2.75) is 62.4 Å². The fourth-order valence-electron chi connectivity index (χ4n) is 5.41. The summed E-state index contributed by atoms with van der Waals surface area (Å²) in [5, 5.41) is 3.17. The van der Waals surface area contributed by atoms with Crippen LogP contribution in [0.5, 0.6) is 0 Å². The average molecular weight is 393 g/mol. The lowest BCUT2D eigenvalue weighted by Gasteiger charge is -2.40. The second-order valence-electron chi connectivity index (χ2n) is 9.22. The van der Waals surface area contributed by atoms with Crippen LogP contribution >= 0.6 is 0 Å². The quantitative estimate of drug-likeness (QED) is 0.812. The summed E-state index contributed by atoms with van der Waals surface area (Å²) >= 11 is 0. The van der Waals surface area contributed by atoms with Gasteiger partial charge in [-0.1, -0.05) is 36.4 Å². The van der Waals surface area contributed by atoms with E-state index >= 15 is 0 Å². The number of nitrogens with zero attached hydrogens (tertiary/aromatic N) is 1. The molecule has 5 rings (SSSR count). The molecule has 4 heteroatoms. The number of piperidine rings is 1. The molecule has 1 N–H and O–H groups in total. The van der Waals surface area contributed by atoms with Crippen molar-refractivity contribution in [3.8, 4) is 0 Å². The molecule has 1 unspecified atom stereocenters. The van der Waals surface area contributed by atoms with E-state index in [1.165, 1.54) is 16.7 Å². The van der Waals surface area contributed by atoms with Crippen LogP contribution in [0.25, 0.3) is 0 Å². The van der Waals surface area contributed by atoms with Gasteiger partial charge >= 0.3 is 0 Å². The maximum absolute atomic E-state index is 13.2. The lowest BCUT2D eigenvalue weighted by Crippen LogP contribution is -2.41. The van der Waals surface area contributed by atoms with Crippen molar-refractivity contribution in [3.05, 3.63) is 71.0 Å². The molecule has 0 radical (unpaired) electrons. The van der Waals surface area contributed by atoms with Gasteiger partial charge in [0, 0.05) is 19.0 Å². The second kappa shape index (κ2) is 7.56. The van der Waals surface area contributed by atoms with Crippen LogP contribution in [-0.2, 0) is 16.8 Å². The summed E-state index contributed by atoms with van der Waals surface area (Å²) in [5.41, 5.74) is 4.25. The summed E-state index contributed by atoms with van der Waals surface area (Å²) in [5.74, 6) is 0.386. The Kier molecular flexibility index (Phi) is 4.91. The van der Waals surface area contributed by atoms with Crippen molar-refractivity contribution in [1.29, 1.82) is 0 Å². The van der Waals surface area contributed by atoms with E-state index < -0.39 is 0 Å². The predicted molar refractivity (Wildman–Crippen MR) is 112 cm³/mol. The molecule has 29 heavy (non-hydrogen) atoms. The predicted octanol–water partition coefficient (Wildman–Crippen LogP) is 4.52. The standard InChI is InChI=1S/C25H29FN2O/c26-20-7-5-18(6-8-20)17-28-13-11-25(12-14-28)16-19(15-24(29)27-21-9-10-21)22-3-1-2-4-23(22)25/h1-8,19,21H,9-17H2,(H,27,29). The zero-order valence-corrected chi connectivity index (χ0v) is 16.9. The van der Waals surface area contributed by atoms with E-state index in [9.17, 15) is 9.18 Å². The number of nitrogens with one attached hydrogen (secondary N) is 1. The molecule has 1 aliphatic heterocycles. The third kappa shape index (κ3) is 3.95. The topological polar surface area (TPSA) is 32.3 Å². The molecule has 1 spiro atoms. The molecule has 1 saturated carbocycles. The van der Waals surface area contributed by atoms with Gasteiger partial charge in [0.2, 0.25) is 5.91 Å². The molecule has 1 saturated heterocycles. The van der Waals surface area contributed by atoms with Crippen LogP contribution in [-0.4, -0.2) is 29.9 Å². The van der Waals surface area contributed by atoms with Gasteiger partial charge in [0.05, 0.1) is 0 Å². The number of fused-ring (bicyclic) bond motifs is 2. The van der Waals surface area contributed by atoms with Crippen molar-refractivity contribution in [3.63, 3.8) is 0 Å². The molecule has 3 aliphatic rings. The highest BCUT2D eigenvalue weighted by atomic mass is 19.1. The molecule has 152 valence electrons. The van der Waals surface area contributed by atoms with Gasteiger partial charge in [-0.05, 0) is 85.3 Å². The smallest absolute Gasteiger partial charge is 0.220 e. The molecule has 1 heterocycles. The Labute approximate surface area is 172 Å². The van der Waals surface area contributed by atoms with Crippen molar-refractivity contribution in [2.75, 3.05) is 13.1 Å². The fraction of sp³-hybridized carbons (Fsp3) is 0.480. The van der Waals surface area contributed by atoms with Gasteiger partial charge in [0.25, 0.3) is 0 Å². The minimum absolute atomic E-state index is 0.175. The van der Waals surface area contributed by atoms with Gasteiger partial charge < -0.3 is 5.32 Å². The third-order valence-electron chi connectivity index (χ3n) is 7.12. The number of rotatable bonds is 5. The Morgan fingerprint density at radius 3 is 2.52 bits per heavy atom. The molecule has 1 atom stereocenters. The van der Waals surface area contributed by atoms with E-state index in [1.807, 2.05) is 12.1 Å². The normalized spacial score (nSPS) is 23.1. The largest absolute Gasteiger partial charge is 0.353 e. The highest BCUT2D eigenvalue weighted by Crippen LogP contribution is 2.52. The first kappa shape index (κ1) is 18.8. The van der Waals surface area contributed by atoms with Gasteiger partial charge in [0.15, 0.2) is 0 Å². The molecule has 2 aromatic carbocycles. The number of benzene rings is 2. The summed E-state index contributed by atoms with van der Waals surface area (Å²) in [4.78, 5) is 14.9. The first-order valence-electron chi connectivity index (χ1n) is 11.0. The molecular weight excluding hydrogens is 363 g/mol. The maximum Gasteiger partial charge on any atom is 0.220 e. The molecule has 2 aromatic rings. The Balaban J connectivity index is 1.27. The van der Waals surface area contributed by atoms with Crippen molar-refractivity contribution >= 4 is 5.91 Å². The van der Waals surface area contributed by atoms with Gasteiger partial charge in [-0.15, -0.1) is 0 Å². The van der Waals surface area contributed by atoms with E-state index in [4.69, 9.17) is 0 Å². The number of carbonyl (C=O) groups excluding carboxylic acids is 1. The fourth-order valence-corrected chi connectivity index (χ4v) is 5.41. The highest BCUT2D eigenvalue weighted by Gasteiger charge is 2.45. The van der Waals surface area contributed by atoms with E-state index in [0.29, 0.717) is 18.4 Å². The Hall–Kier alpha value is -2.20. The molecule has 0 bridgehead atoms. The third-order valence-corrected chi connectivity index (χ3v) is 7.12. The molecule has 2 aliphatic carbocycles. The Morgan fingerprint density at radius 1 is 1.07 bits per heavy atom. The highest BCUT2D eigenvalue weighted by molar-refractivity contribution is 5.78. The van der Waals surface area contributed by atoms with Crippen LogP contribution in [0.4, 0.5) is 4.39 Å². The Morgan fingerprint density at radius 2 is 1.79 bits per heavy atom. The Bertz CT molecular complexity index is 882. The van der Waals surface area contributed by atoms with Crippen LogP contribution in [0.2, 0.25) is 0 Å². The number of likely N-dealkylation sites (tertiary alicyclic amines) is 1. The summed E-state index contributed by atoms with van der Waals surface area (Å²) in [7, 11) is 0. The first-order chi connectivity index (χ1) is 14.1. The number of halogens is 1. The van der Waals surface area contributed by atoms with Crippen LogP contribution in [0, 0.1) is 5.82 Å². The molecular formula is C25H29FN2O. The minimum Gasteiger partial charge on any atom is -0.353 e. The number of hydrogen-bond donors (Lipinski definition) is 1. The maximum atomic E-state index is 13.2. The van der Waals surface area contributed by atoms with E-state index in [0.717, 1.165) is 51.7 Å². The van der Waals surface area contributed by atoms with E-state index in [1.54, 1.807) is 12.1 Å².